The second-order valence-electron chi connectivity index (χ2n) is 2.66. The maximum Gasteiger partial charge on any atom is 0.162 e. The Hall–Kier alpha value is -0.273. The van der Waals surface area contributed by atoms with Crippen LogP contribution < -0.4 is 0 Å². The standard InChI is InChI=1S/C9H12ClSi/c1-11(10)8-7-9-5-3-2-4-6-9/h2-6H,7-8H2,1H3. The Bertz CT molecular complexity index is 196. The van der Waals surface area contributed by atoms with Crippen LogP contribution in [0.2, 0.25) is 12.6 Å². The fourth-order valence-corrected chi connectivity index (χ4v) is 1.88. The second kappa shape index (κ2) is 4.57. The van der Waals surface area contributed by atoms with E-state index in [1.54, 1.807) is 0 Å². The Morgan fingerprint density at radius 3 is 2.45 bits per heavy atom. The predicted molar refractivity (Wildman–Crippen MR) is 52.4 cm³/mol. The molecule has 0 amide bonds. The fraction of sp³-hybridized carbons (Fsp3) is 0.333. The first-order valence-corrected chi connectivity index (χ1v) is 7.03. The summed E-state index contributed by atoms with van der Waals surface area (Å²) < 4.78 is 0. The molecule has 0 unspecified atom stereocenters. The number of rotatable bonds is 3. The molecule has 59 valence electrons. The number of hydrogen-bond acceptors (Lipinski definition) is 0. The van der Waals surface area contributed by atoms with Crippen LogP contribution in [0.25, 0.3) is 0 Å². The summed E-state index contributed by atoms with van der Waals surface area (Å²) in [7, 11) is -0.560. The maximum atomic E-state index is 5.93. The zero-order valence-corrected chi connectivity index (χ0v) is 8.43. The number of hydrogen-bond donors (Lipinski definition) is 0. The summed E-state index contributed by atoms with van der Waals surface area (Å²) in [5, 5.41) is 0. The molecule has 0 heterocycles. The van der Waals surface area contributed by atoms with E-state index in [1.165, 1.54) is 5.56 Å². The van der Waals surface area contributed by atoms with Crippen molar-refractivity contribution in [2.75, 3.05) is 0 Å². The van der Waals surface area contributed by atoms with Gasteiger partial charge in [0.25, 0.3) is 0 Å². The van der Waals surface area contributed by atoms with Gasteiger partial charge in [0, 0.05) is 0 Å². The predicted octanol–water partition coefficient (Wildman–Crippen LogP) is 3.09. The van der Waals surface area contributed by atoms with E-state index in [0.717, 1.165) is 12.5 Å². The molecule has 1 aromatic rings. The van der Waals surface area contributed by atoms with Crippen LogP contribution in [-0.2, 0) is 6.42 Å². The molecule has 2 heteroatoms. The van der Waals surface area contributed by atoms with Crippen LogP contribution in [0.15, 0.2) is 30.3 Å². The van der Waals surface area contributed by atoms with E-state index in [2.05, 4.69) is 30.8 Å². The van der Waals surface area contributed by atoms with Gasteiger partial charge in [-0.25, -0.2) is 0 Å². The molecule has 1 aromatic carbocycles. The molecule has 0 aliphatic carbocycles. The molecule has 0 spiro atoms. The van der Waals surface area contributed by atoms with Gasteiger partial charge < -0.3 is 0 Å². The summed E-state index contributed by atoms with van der Waals surface area (Å²) in [6, 6.07) is 11.7. The summed E-state index contributed by atoms with van der Waals surface area (Å²) in [6.07, 6.45) is 1.13. The summed E-state index contributed by atoms with van der Waals surface area (Å²) in [6.45, 7) is 2.13. The summed E-state index contributed by atoms with van der Waals surface area (Å²) in [5.41, 5.74) is 1.40. The van der Waals surface area contributed by atoms with Crippen LogP contribution in [-0.4, -0.2) is 8.11 Å². The highest BCUT2D eigenvalue weighted by molar-refractivity contribution is 7.06. The Morgan fingerprint density at radius 2 is 1.91 bits per heavy atom. The first-order chi connectivity index (χ1) is 5.29. The lowest BCUT2D eigenvalue weighted by molar-refractivity contribution is 1.12. The van der Waals surface area contributed by atoms with Crippen LogP contribution in [0.3, 0.4) is 0 Å². The number of halogens is 1. The van der Waals surface area contributed by atoms with Gasteiger partial charge in [-0.3, -0.25) is 0 Å². The monoisotopic (exact) mass is 183 g/mol. The molecule has 11 heavy (non-hydrogen) atoms. The average Bonchev–Trinajstić information content (AvgIpc) is 2.03. The smallest absolute Gasteiger partial charge is 0.162 e. The number of aryl methyl sites for hydroxylation is 1. The van der Waals surface area contributed by atoms with Crippen LogP contribution >= 0.6 is 11.1 Å². The van der Waals surface area contributed by atoms with Gasteiger partial charge in [-0.2, -0.15) is 11.1 Å². The molecule has 0 bridgehead atoms. The molecular weight excluding hydrogens is 172 g/mol. The van der Waals surface area contributed by atoms with Gasteiger partial charge in [0.05, 0.1) is 0 Å². The van der Waals surface area contributed by atoms with Crippen LogP contribution in [0, 0.1) is 0 Å². The van der Waals surface area contributed by atoms with Crippen molar-refractivity contribution in [3.8, 4) is 0 Å². The zero-order chi connectivity index (χ0) is 8.10. The highest BCUT2D eigenvalue weighted by Gasteiger charge is 1.99. The Balaban J connectivity index is 2.39. The van der Waals surface area contributed by atoms with Crippen LogP contribution in [0.5, 0.6) is 0 Å². The minimum Gasteiger partial charge on any atom is -0.169 e. The average molecular weight is 184 g/mol. The molecule has 0 aliphatic rings. The lowest BCUT2D eigenvalue weighted by Gasteiger charge is -1.99. The lowest BCUT2D eigenvalue weighted by Crippen LogP contribution is -1.97. The van der Waals surface area contributed by atoms with Crippen molar-refractivity contribution in [2.24, 2.45) is 0 Å². The van der Waals surface area contributed by atoms with Crippen molar-refractivity contribution < 1.29 is 0 Å². The van der Waals surface area contributed by atoms with E-state index in [1.807, 2.05) is 6.07 Å². The normalized spacial score (nSPS) is 10.5. The van der Waals surface area contributed by atoms with Gasteiger partial charge in [-0.1, -0.05) is 36.9 Å². The molecule has 0 nitrogen and oxygen atoms in total. The zero-order valence-electron chi connectivity index (χ0n) is 6.68. The first kappa shape index (κ1) is 8.82. The Morgan fingerprint density at radius 1 is 1.27 bits per heavy atom. The molecular formula is C9H12ClSi. The molecule has 0 N–H and O–H groups in total. The van der Waals surface area contributed by atoms with Crippen LogP contribution in [0.4, 0.5) is 0 Å². The van der Waals surface area contributed by atoms with E-state index in [4.69, 9.17) is 11.1 Å². The van der Waals surface area contributed by atoms with Crippen molar-refractivity contribution in [2.45, 2.75) is 19.0 Å². The van der Waals surface area contributed by atoms with Gasteiger partial charge in [0.2, 0.25) is 0 Å². The van der Waals surface area contributed by atoms with Crippen LogP contribution in [0.1, 0.15) is 5.56 Å². The minimum atomic E-state index is -0.560. The highest BCUT2D eigenvalue weighted by Crippen LogP contribution is 2.06. The molecule has 1 rings (SSSR count). The minimum absolute atomic E-state index is 0.560. The van der Waals surface area contributed by atoms with Gasteiger partial charge in [-0.15, -0.1) is 0 Å². The lowest BCUT2D eigenvalue weighted by atomic mass is 10.2. The second-order valence-corrected chi connectivity index (χ2v) is 6.45. The van der Waals surface area contributed by atoms with Crippen molar-refractivity contribution in [1.82, 2.24) is 0 Å². The van der Waals surface area contributed by atoms with Crippen molar-refractivity contribution in [3.63, 3.8) is 0 Å². The third kappa shape index (κ3) is 3.59. The van der Waals surface area contributed by atoms with E-state index in [-0.39, 0.29) is 0 Å². The quantitative estimate of drug-likeness (QED) is 0.499. The van der Waals surface area contributed by atoms with Gasteiger partial charge in [0.15, 0.2) is 8.11 Å². The van der Waals surface area contributed by atoms with E-state index in [9.17, 15) is 0 Å². The molecule has 0 saturated heterocycles. The summed E-state index contributed by atoms with van der Waals surface area (Å²) in [5.74, 6) is 0. The largest absolute Gasteiger partial charge is 0.169 e. The molecule has 0 saturated carbocycles. The van der Waals surface area contributed by atoms with E-state index < -0.39 is 8.11 Å². The first-order valence-electron chi connectivity index (χ1n) is 3.81. The third-order valence-electron chi connectivity index (χ3n) is 1.60. The van der Waals surface area contributed by atoms with E-state index in [0.29, 0.717) is 0 Å². The van der Waals surface area contributed by atoms with Crippen molar-refractivity contribution >= 4 is 19.2 Å². The van der Waals surface area contributed by atoms with E-state index >= 15 is 0 Å². The highest BCUT2D eigenvalue weighted by atomic mass is 35.6. The van der Waals surface area contributed by atoms with Crippen molar-refractivity contribution in [1.29, 1.82) is 0 Å². The Labute approximate surface area is 74.5 Å². The topological polar surface area (TPSA) is 0 Å². The summed E-state index contributed by atoms with van der Waals surface area (Å²) in [4.78, 5) is 0. The third-order valence-corrected chi connectivity index (χ3v) is 3.11. The SMILES string of the molecule is C[Si](Cl)CCc1ccccc1. The summed E-state index contributed by atoms with van der Waals surface area (Å²) >= 11 is 5.93. The molecule has 0 fully saturated rings. The maximum absolute atomic E-state index is 5.93. The number of benzene rings is 1. The Kier molecular flexibility index (Phi) is 3.67. The molecule has 0 aromatic heterocycles. The van der Waals surface area contributed by atoms with Gasteiger partial charge in [-0.05, 0) is 18.0 Å². The molecule has 0 atom stereocenters. The van der Waals surface area contributed by atoms with Gasteiger partial charge in [0.1, 0.15) is 0 Å². The van der Waals surface area contributed by atoms with Gasteiger partial charge >= 0.3 is 0 Å². The molecule has 1 radical (unpaired) electrons. The molecule has 0 aliphatic heterocycles. The van der Waals surface area contributed by atoms with Crippen molar-refractivity contribution in [3.05, 3.63) is 35.9 Å². The fourth-order valence-electron chi connectivity index (χ4n) is 0.961.